The normalized spacial score (nSPS) is 11.9. The summed E-state index contributed by atoms with van der Waals surface area (Å²) in [5, 5.41) is 9.06. The second kappa shape index (κ2) is 8.66. The molecule has 0 saturated carbocycles. The lowest BCUT2D eigenvalue weighted by Crippen LogP contribution is -2.43. The average molecular weight is 294 g/mol. The first-order valence-electron chi connectivity index (χ1n) is 6.83. The first kappa shape index (κ1) is 16.6. The van der Waals surface area contributed by atoms with Gasteiger partial charge in [-0.15, -0.1) is 0 Å². The number of thiocarbonyl (C=S) groups is 1. The van der Waals surface area contributed by atoms with Crippen LogP contribution in [-0.4, -0.2) is 40.6 Å². The van der Waals surface area contributed by atoms with Crippen LogP contribution in [0.4, 0.5) is 0 Å². The highest BCUT2D eigenvalue weighted by molar-refractivity contribution is 7.80. The molecule has 110 valence electrons. The molecular weight excluding hydrogens is 272 g/mol. The molecule has 1 aromatic carbocycles. The van der Waals surface area contributed by atoms with Gasteiger partial charge in [0.1, 0.15) is 0 Å². The van der Waals surface area contributed by atoms with Gasteiger partial charge >= 0.3 is 0 Å². The molecule has 0 bridgehead atoms. The first-order chi connectivity index (χ1) is 9.60. The van der Waals surface area contributed by atoms with E-state index in [0.29, 0.717) is 19.5 Å². The van der Waals surface area contributed by atoms with Gasteiger partial charge in [0.25, 0.3) is 0 Å². The SMILES string of the molecule is CCCN(CCO)C(=O)C(Cc1ccccc1)C(N)=S. The lowest BCUT2D eigenvalue weighted by Gasteiger charge is -2.26. The minimum Gasteiger partial charge on any atom is -0.395 e. The zero-order valence-corrected chi connectivity index (χ0v) is 12.6. The second-order valence-electron chi connectivity index (χ2n) is 4.69. The van der Waals surface area contributed by atoms with Crippen LogP contribution in [0.15, 0.2) is 30.3 Å². The third-order valence-electron chi connectivity index (χ3n) is 3.10. The highest BCUT2D eigenvalue weighted by atomic mass is 32.1. The Balaban J connectivity index is 2.83. The van der Waals surface area contributed by atoms with Crippen LogP contribution in [-0.2, 0) is 11.2 Å². The molecule has 0 aromatic heterocycles. The monoisotopic (exact) mass is 294 g/mol. The molecule has 0 aliphatic heterocycles. The molecule has 1 amide bonds. The Hall–Kier alpha value is -1.46. The second-order valence-corrected chi connectivity index (χ2v) is 5.16. The van der Waals surface area contributed by atoms with Gasteiger partial charge in [0.15, 0.2) is 0 Å². The zero-order chi connectivity index (χ0) is 15.0. The van der Waals surface area contributed by atoms with Crippen LogP contribution >= 0.6 is 12.2 Å². The summed E-state index contributed by atoms with van der Waals surface area (Å²) in [6, 6.07) is 9.68. The number of nitrogens with zero attached hydrogens (tertiary/aromatic N) is 1. The minimum atomic E-state index is -0.509. The van der Waals surface area contributed by atoms with Crippen molar-refractivity contribution in [3.05, 3.63) is 35.9 Å². The van der Waals surface area contributed by atoms with Crippen molar-refractivity contribution >= 4 is 23.1 Å². The molecule has 0 spiro atoms. The Labute approximate surface area is 125 Å². The highest BCUT2D eigenvalue weighted by Gasteiger charge is 2.26. The fraction of sp³-hybridized carbons (Fsp3) is 0.467. The van der Waals surface area contributed by atoms with Crippen LogP contribution in [0.5, 0.6) is 0 Å². The molecule has 0 aliphatic carbocycles. The number of amides is 1. The van der Waals surface area contributed by atoms with Crippen molar-refractivity contribution in [1.82, 2.24) is 4.90 Å². The maximum absolute atomic E-state index is 12.5. The molecule has 1 aromatic rings. The largest absolute Gasteiger partial charge is 0.395 e. The van der Waals surface area contributed by atoms with E-state index >= 15 is 0 Å². The van der Waals surface area contributed by atoms with Crippen molar-refractivity contribution in [3.8, 4) is 0 Å². The topological polar surface area (TPSA) is 66.6 Å². The zero-order valence-electron chi connectivity index (χ0n) is 11.8. The standard InChI is InChI=1S/C15H22N2O2S/c1-2-8-17(9-10-18)15(19)13(14(16)20)11-12-6-4-3-5-7-12/h3-7,13,18H,2,8-11H2,1H3,(H2,16,20). The molecule has 4 nitrogen and oxygen atoms in total. The summed E-state index contributed by atoms with van der Waals surface area (Å²) < 4.78 is 0. The van der Waals surface area contributed by atoms with Crippen LogP contribution in [0.25, 0.3) is 0 Å². The van der Waals surface area contributed by atoms with E-state index in [0.717, 1.165) is 12.0 Å². The molecule has 5 heteroatoms. The van der Waals surface area contributed by atoms with Crippen molar-refractivity contribution in [1.29, 1.82) is 0 Å². The lowest BCUT2D eigenvalue weighted by molar-refractivity contribution is -0.133. The van der Waals surface area contributed by atoms with Gasteiger partial charge in [0.2, 0.25) is 5.91 Å². The number of carbonyl (C=O) groups is 1. The van der Waals surface area contributed by atoms with E-state index < -0.39 is 5.92 Å². The number of nitrogens with two attached hydrogens (primary N) is 1. The van der Waals surface area contributed by atoms with Crippen molar-refractivity contribution in [3.63, 3.8) is 0 Å². The summed E-state index contributed by atoms with van der Waals surface area (Å²) in [4.78, 5) is 14.4. The molecule has 1 rings (SSSR count). The Morgan fingerprint density at radius 1 is 1.35 bits per heavy atom. The number of rotatable bonds is 8. The van der Waals surface area contributed by atoms with E-state index in [1.807, 2.05) is 37.3 Å². The molecule has 0 saturated heterocycles. The van der Waals surface area contributed by atoms with E-state index in [2.05, 4.69) is 0 Å². The predicted molar refractivity (Wildman–Crippen MR) is 84.4 cm³/mol. The van der Waals surface area contributed by atoms with Gasteiger partial charge in [-0.25, -0.2) is 0 Å². The Bertz CT molecular complexity index is 431. The van der Waals surface area contributed by atoms with Crippen molar-refractivity contribution in [2.45, 2.75) is 19.8 Å². The summed E-state index contributed by atoms with van der Waals surface area (Å²) in [5.74, 6) is -0.609. The van der Waals surface area contributed by atoms with Gasteiger partial charge in [-0.2, -0.15) is 0 Å². The van der Waals surface area contributed by atoms with Gasteiger partial charge in [0, 0.05) is 13.1 Å². The van der Waals surface area contributed by atoms with Crippen LogP contribution in [0.2, 0.25) is 0 Å². The predicted octanol–water partition coefficient (Wildman–Crippen LogP) is 1.36. The first-order valence-corrected chi connectivity index (χ1v) is 7.23. The molecule has 1 unspecified atom stereocenters. The van der Waals surface area contributed by atoms with Gasteiger partial charge in [-0.3, -0.25) is 4.79 Å². The quantitative estimate of drug-likeness (QED) is 0.711. The maximum atomic E-state index is 12.5. The summed E-state index contributed by atoms with van der Waals surface area (Å²) in [6.45, 7) is 2.86. The van der Waals surface area contributed by atoms with Gasteiger partial charge in [0.05, 0.1) is 17.5 Å². The Morgan fingerprint density at radius 3 is 2.50 bits per heavy atom. The Morgan fingerprint density at radius 2 is 2.00 bits per heavy atom. The van der Waals surface area contributed by atoms with Crippen molar-refractivity contribution in [2.75, 3.05) is 19.7 Å². The molecule has 0 radical (unpaired) electrons. The lowest BCUT2D eigenvalue weighted by atomic mass is 9.97. The van der Waals surface area contributed by atoms with E-state index in [1.54, 1.807) is 4.90 Å². The number of aliphatic hydroxyl groups is 1. The maximum Gasteiger partial charge on any atom is 0.232 e. The van der Waals surface area contributed by atoms with Gasteiger partial charge in [-0.05, 0) is 18.4 Å². The molecule has 3 N–H and O–H groups in total. The van der Waals surface area contributed by atoms with E-state index in [4.69, 9.17) is 23.1 Å². The van der Waals surface area contributed by atoms with E-state index in [9.17, 15) is 4.79 Å². The number of hydrogen-bond donors (Lipinski definition) is 2. The summed E-state index contributed by atoms with van der Waals surface area (Å²) >= 11 is 5.05. The third-order valence-corrected chi connectivity index (χ3v) is 3.38. The number of aliphatic hydroxyl groups excluding tert-OH is 1. The van der Waals surface area contributed by atoms with E-state index in [1.165, 1.54) is 0 Å². The van der Waals surface area contributed by atoms with Crippen LogP contribution < -0.4 is 5.73 Å². The van der Waals surface area contributed by atoms with Crippen LogP contribution in [0, 0.1) is 5.92 Å². The fourth-order valence-electron chi connectivity index (χ4n) is 2.10. The molecular formula is C15H22N2O2S. The number of hydrogen-bond acceptors (Lipinski definition) is 3. The number of carbonyl (C=O) groups excluding carboxylic acids is 1. The molecule has 0 fully saturated rings. The molecule has 0 heterocycles. The van der Waals surface area contributed by atoms with Crippen molar-refractivity contribution in [2.24, 2.45) is 11.7 Å². The number of benzene rings is 1. The van der Waals surface area contributed by atoms with Crippen LogP contribution in [0.3, 0.4) is 0 Å². The summed E-state index contributed by atoms with van der Waals surface area (Å²) in [5.41, 5.74) is 6.76. The highest BCUT2D eigenvalue weighted by Crippen LogP contribution is 2.13. The smallest absolute Gasteiger partial charge is 0.232 e. The Kier molecular flexibility index (Phi) is 7.18. The third kappa shape index (κ3) is 4.90. The average Bonchev–Trinajstić information content (AvgIpc) is 2.44. The molecule has 20 heavy (non-hydrogen) atoms. The minimum absolute atomic E-state index is 0.0544. The summed E-state index contributed by atoms with van der Waals surface area (Å²) in [6.07, 6.45) is 1.34. The van der Waals surface area contributed by atoms with Gasteiger partial charge in [-0.1, -0.05) is 49.5 Å². The van der Waals surface area contributed by atoms with Crippen molar-refractivity contribution < 1.29 is 9.90 Å². The molecule has 0 aliphatic rings. The van der Waals surface area contributed by atoms with Gasteiger partial charge < -0.3 is 15.7 Å². The van der Waals surface area contributed by atoms with E-state index in [-0.39, 0.29) is 17.5 Å². The summed E-state index contributed by atoms with van der Waals surface area (Å²) in [7, 11) is 0. The fourth-order valence-corrected chi connectivity index (χ4v) is 2.29. The van der Waals surface area contributed by atoms with Crippen LogP contribution in [0.1, 0.15) is 18.9 Å². The molecule has 1 atom stereocenters.